The molecule has 0 aliphatic carbocycles. The lowest BCUT2D eigenvalue weighted by molar-refractivity contribution is 0.150. The van der Waals surface area contributed by atoms with Gasteiger partial charge in [0, 0.05) is 12.1 Å². The van der Waals surface area contributed by atoms with E-state index in [2.05, 4.69) is 23.9 Å². The van der Waals surface area contributed by atoms with Crippen LogP contribution in [0.4, 0.5) is 0 Å². The fourth-order valence-corrected chi connectivity index (χ4v) is 3.61. The van der Waals surface area contributed by atoms with E-state index in [1.807, 2.05) is 0 Å². The lowest BCUT2D eigenvalue weighted by atomic mass is 9.93. The first-order valence-corrected chi connectivity index (χ1v) is 7.68. The van der Waals surface area contributed by atoms with Gasteiger partial charge in [0.1, 0.15) is 0 Å². The van der Waals surface area contributed by atoms with E-state index in [0.717, 1.165) is 12.1 Å². The van der Waals surface area contributed by atoms with Crippen LogP contribution in [0.2, 0.25) is 0 Å². The maximum atomic E-state index is 2.59. The van der Waals surface area contributed by atoms with Crippen molar-refractivity contribution in [2.45, 2.75) is 69.9 Å². The summed E-state index contributed by atoms with van der Waals surface area (Å²) < 4.78 is 0. The fraction of sp³-hybridized carbons (Fsp3) is 1.00. The van der Waals surface area contributed by atoms with Crippen LogP contribution < -0.4 is 0 Å². The largest absolute Gasteiger partial charge is 0.303 e. The third-order valence-electron chi connectivity index (χ3n) is 4.92. The predicted octanol–water partition coefficient (Wildman–Crippen LogP) is 3.13. The molecule has 0 spiro atoms. The van der Waals surface area contributed by atoms with Gasteiger partial charge in [0.15, 0.2) is 0 Å². The first-order valence-electron chi connectivity index (χ1n) is 7.68. The molecule has 0 amide bonds. The zero-order chi connectivity index (χ0) is 12.1. The Labute approximate surface area is 107 Å². The van der Waals surface area contributed by atoms with Gasteiger partial charge in [-0.15, -0.1) is 0 Å². The molecule has 2 atom stereocenters. The monoisotopic (exact) mass is 238 g/mol. The van der Waals surface area contributed by atoms with Gasteiger partial charge in [-0.2, -0.15) is 0 Å². The number of piperidine rings is 2. The van der Waals surface area contributed by atoms with E-state index in [1.165, 1.54) is 70.9 Å². The van der Waals surface area contributed by atoms with Gasteiger partial charge in [0.2, 0.25) is 0 Å². The van der Waals surface area contributed by atoms with Gasteiger partial charge in [0.25, 0.3) is 0 Å². The molecule has 2 fully saturated rings. The molecule has 0 saturated carbocycles. The standard InChI is InChI=1S/C15H30N2/c1-16-12-5-3-8-14(16)10-7-11-15-9-4-6-13-17(15)2/h14-15H,3-13H2,1-2H3. The van der Waals surface area contributed by atoms with Crippen LogP contribution in [0.15, 0.2) is 0 Å². The normalized spacial score (nSPS) is 32.8. The predicted molar refractivity (Wildman–Crippen MR) is 74.4 cm³/mol. The van der Waals surface area contributed by atoms with E-state index >= 15 is 0 Å². The lowest BCUT2D eigenvalue weighted by Gasteiger charge is -2.35. The fourth-order valence-electron chi connectivity index (χ4n) is 3.61. The van der Waals surface area contributed by atoms with Crippen molar-refractivity contribution in [2.75, 3.05) is 27.2 Å². The minimum absolute atomic E-state index is 0.887. The highest BCUT2D eigenvalue weighted by molar-refractivity contribution is 4.77. The van der Waals surface area contributed by atoms with Crippen molar-refractivity contribution in [3.63, 3.8) is 0 Å². The topological polar surface area (TPSA) is 6.48 Å². The highest BCUT2D eigenvalue weighted by Crippen LogP contribution is 2.23. The first-order chi connectivity index (χ1) is 8.27. The van der Waals surface area contributed by atoms with Gasteiger partial charge in [-0.3, -0.25) is 0 Å². The van der Waals surface area contributed by atoms with Crippen molar-refractivity contribution >= 4 is 0 Å². The summed E-state index contributed by atoms with van der Waals surface area (Å²) in [6, 6.07) is 1.77. The number of likely N-dealkylation sites (tertiary alicyclic amines) is 2. The minimum atomic E-state index is 0.887. The first kappa shape index (κ1) is 13.4. The van der Waals surface area contributed by atoms with E-state index in [0.29, 0.717) is 0 Å². The van der Waals surface area contributed by atoms with Crippen LogP contribution in [0.3, 0.4) is 0 Å². The van der Waals surface area contributed by atoms with E-state index in [4.69, 9.17) is 0 Å². The van der Waals surface area contributed by atoms with E-state index in [1.54, 1.807) is 0 Å². The third-order valence-corrected chi connectivity index (χ3v) is 4.92. The van der Waals surface area contributed by atoms with Crippen LogP contribution in [0.1, 0.15) is 57.8 Å². The zero-order valence-corrected chi connectivity index (χ0v) is 11.8. The molecule has 2 saturated heterocycles. The molecule has 2 aliphatic heterocycles. The molecule has 2 nitrogen and oxygen atoms in total. The molecule has 17 heavy (non-hydrogen) atoms. The summed E-state index contributed by atoms with van der Waals surface area (Å²) in [4.78, 5) is 5.18. The van der Waals surface area contributed by atoms with Crippen molar-refractivity contribution in [1.29, 1.82) is 0 Å². The van der Waals surface area contributed by atoms with Crippen molar-refractivity contribution < 1.29 is 0 Å². The van der Waals surface area contributed by atoms with Crippen LogP contribution in [-0.2, 0) is 0 Å². The summed E-state index contributed by atoms with van der Waals surface area (Å²) in [5.74, 6) is 0. The van der Waals surface area contributed by atoms with E-state index in [-0.39, 0.29) is 0 Å². The Kier molecular flexibility index (Phi) is 5.30. The SMILES string of the molecule is CN1CCCCC1CCCC1CCCCN1C. The van der Waals surface area contributed by atoms with Gasteiger partial charge in [-0.25, -0.2) is 0 Å². The number of rotatable bonds is 4. The summed E-state index contributed by atoms with van der Waals surface area (Å²) in [5.41, 5.74) is 0. The van der Waals surface area contributed by atoms with Crippen LogP contribution in [0.5, 0.6) is 0 Å². The second kappa shape index (κ2) is 6.75. The third kappa shape index (κ3) is 3.96. The minimum Gasteiger partial charge on any atom is -0.303 e. The van der Waals surface area contributed by atoms with Crippen molar-refractivity contribution in [3.05, 3.63) is 0 Å². The number of hydrogen-bond acceptors (Lipinski definition) is 2. The smallest absolute Gasteiger partial charge is 0.00922 e. The van der Waals surface area contributed by atoms with Crippen LogP contribution in [-0.4, -0.2) is 49.1 Å². The second-order valence-corrected chi connectivity index (χ2v) is 6.19. The van der Waals surface area contributed by atoms with Gasteiger partial charge < -0.3 is 9.80 Å². The molecular weight excluding hydrogens is 208 g/mol. The molecule has 2 aliphatic rings. The Bertz CT molecular complexity index is 195. The number of hydrogen-bond donors (Lipinski definition) is 0. The zero-order valence-electron chi connectivity index (χ0n) is 11.8. The molecule has 2 heteroatoms. The molecule has 2 heterocycles. The van der Waals surface area contributed by atoms with Crippen molar-refractivity contribution in [3.8, 4) is 0 Å². The highest BCUT2D eigenvalue weighted by Gasteiger charge is 2.21. The molecule has 2 unspecified atom stereocenters. The average Bonchev–Trinajstić information content (AvgIpc) is 2.34. The Balaban J connectivity index is 1.64. The van der Waals surface area contributed by atoms with Gasteiger partial charge in [-0.1, -0.05) is 19.3 Å². The Morgan fingerprint density at radius 1 is 0.765 bits per heavy atom. The van der Waals surface area contributed by atoms with Crippen LogP contribution >= 0.6 is 0 Å². The Morgan fingerprint density at radius 2 is 1.24 bits per heavy atom. The quantitative estimate of drug-likeness (QED) is 0.742. The molecule has 0 bridgehead atoms. The summed E-state index contributed by atoms with van der Waals surface area (Å²) in [7, 11) is 4.63. The average molecular weight is 238 g/mol. The van der Waals surface area contributed by atoms with E-state index in [9.17, 15) is 0 Å². The Hall–Kier alpha value is -0.0800. The van der Waals surface area contributed by atoms with Gasteiger partial charge >= 0.3 is 0 Å². The molecule has 0 radical (unpaired) electrons. The van der Waals surface area contributed by atoms with Gasteiger partial charge in [0.05, 0.1) is 0 Å². The van der Waals surface area contributed by atoms with Crippen molar-refractivity contribution in [2.24, 2.45) is 0 Å². The Morgan fingerprint density at radius 3 is 1.65 bits per heavy atom. The second-order valence-electron chi connectivity index (χ2n) is 6.19. The maximum Gasteiger partial charge on any atom is 0.00922 e. The van der Waals surface area contributed by atoms with Crippen LogP contribution in [0.25, 0.3) is 0 Å². The highest BCUT2D eigenvalue weighted by atomic mass is 15.1. The molecule has 0 aromatic rings. The van der Waals surface area contributed by atoms with E-state index < -0.39 is 0 Å². The summed E-state index contributed by atoms with van der Waals surface area (Å²) in [5, 5.41) is 0. The molecule has 0 aromatic carbocycles. The summed E-state index contributed by atoms with van der Waals surface area (Å²) >= 11 is 0. The maximum absolute atomic E-state index is 2.59. The van der Waals surface area contributed by atoms with Crippen LogP contribution in [0, 0.1) is 0 Å². The molecule has 100 valence electrons. The number of nitrogens with zero attached hydrogens (tertiary/aromatic N) is 2. The molecule has 0 N–H and O–H groups in total. The van der Waals surface area contributed by atoms with Crippen molar-refractivity contribution in [1.82, 2.24) is 9.80 Å². The molecular formula is C15H30N2. The summed E-state index contributed by atoms with van der Waals surface area (Å²) in [6.07, 6.45) is 12.9. The molecule has 0 aromatic heterocycles. The molecule has 2 rings (SSSR count). The summed E-state index contributed by atoms with van der Waals surface area (Å²) in [6.45, 7) is 2.65. The lowest BCUT2D eigenvalue weighted by Crippen LogP contribution is -2.38. The van der Waals surface area contributed by atoms with Gasteiger partial charge in [-0.05, 0) is 65.7 Å².